The van der Waals surface area contributed by atoms with Gasteiger partial charge < -0.3 is 5.32 Å². The van der Waals surface area contributed by atoms with Crippen LogP contribution in [-0.2, 0) is 6.54 Å². The van der Waals surface area contributed by atoms with E-state index in [1.165, 1.54) is 24.8 Å². The maximum Gasteiger partial charge on any atom is 0.0532 e. The lowest BCUT2D eigenvalue weighted by atomic mass is 9.79. The molecule has 0 amide bonds. The Hall–Kier alpha value is -0.830. The smallest absolute Gasteiger partial charge is 0.0532 e. The van der Waals surface area contributed by atoms with E-state index in [4.69, 9.17) is 0 Å². The van der Waals surface area contributed by atoms with Crippen LogP contribution in [-0.4, -0.2) is 16.2 Å². The van der Waals surface area contributed by atoms with Crippen molar-refractivity contribution in [3.8, 4) is 0 Å². The van der Waals surface area contributed by atoms with Gasteiger partial charge in [0.05, 0.1) is 6.20 Å². The van der Waals surface area contributed by atoms with E-state index in [2.05, 4.69) is 29.4 Å². The van der Waals surface area contributed by atoms with E-state index in [1.54, 1.807) is 0 Å². The number of aromatic amines is 1. The second-order valence-corrected chi connectivity index (χ2v) is 4.90. The first-order valence-corrected chi connectivity index (χ1v) is 5.98. The first-order chi connectivity index (χ1) is 7.27. The van der Waals surface area contributed by atoms with Crippen molar-refractivity contribution in [1.29, 1.82) is 0 Å². The minimum absolute atomic E-state index is 0.675. The molecule has 1 heterocycles. The molecule has 0 aliphatic heterocycles. The van der Waals surface area contributed by atoms with Crippen LogP contribution in [0.25, 0.3) is 0 Å². The minimum Gasteiger partial charge on any atom is -0.309 e. The molecule has 0 aromatic carbocycles. The summed E-state index contributed by atoms with van der Waals surface area (Å²) in [4.78, 5) is 0. The van der Waals surface area contributed by atoms with Crippen molar-refractivity contribution in [1.82, 2.24) is 15.5 Å². The minimum atomic E-state index is 0.675. The molecule has 84 valence electrons. The molecule has 0 radical (unpaired) electrons. The van der Waals surface area contributed by atoms with Crippen LogP contribution < -0.4 is 5.32 Å². The van der Waals surface area contributed by atoms with Gasteiger partial charge in [0, 0.05) is 24.3 Å². The Kier molecular flexibility index (Phi) is 3.41. The van der Waals surface area contributed by atoms with Gasteiger partial charge in [-0.1, -0.05) is 20.3 Å². The highest BCUT2D eigenvalue weighted by molar-refractivity contribution is 5.02. The Morgan fingerprint density at radius 2 is 2.13 bits per heavy atom. The third-order valence-corrected chi connectivity index (χ3v) is 3.64. The van der Waals surface area contributed by atoms with Gasteiger partial charge in [0.1, 0.15) is 0 Å². The van der Waals surface area contributed by atoms with Crippen molar-refractivity contribution in [2.24, 2.45) is 11.8 Å². The van der Waals surface area contributed by atoms with Crippen molar-refractivity contribution < 1.29 is 0 Å². The zero-order valence-electron chi connectivity index (χ0n) is 9.66. The second-order valence-electron chi connectivity index (χ2n) is 4.90. The van der Waals surface area contributed by atoms with Crippen LogP contribution in [0.4, 0.5) is 0 Å². The van der Waals surface area contributed by atoms with Gasteiger partial charge in [0.25, 0.3) is 0 Å². The van der Waals surface area contributed by atoms with E-state index in [1.807, 2.05) is 12.4 Å². The SMILES string of the molecule is CC1CCCC(C)C1NCc1cn[nH]c1. The fraction of sp³-hybridized carbons (Fsp3) is 0.750. The summed E-state index contributed by atoms with van der Waals surface area (Å²) in [6, 6.07) is 0.675. The summed E-state index contributed by atoms with van der Waals surface area (Å²) in [5, 5.41) is 10.5. The van der Waals surface area contributed by atoms with E-state index in [0.717, 1.165) is 18.4 Å². The Labute approximate surface area is 91.7 Å². The molecule has 2 N–H and O–H groups in total. The highest BCUT2D eigenvalue weighted by atomic mass is 15.1. The molecule has 1 aliphatic rings. The third kappa shape index (κ3) is 2.59. The van der Waals surface area contributed by atoms with Gasteiger partial charge >= 0.3 is 0 Å². The van der Waals surface area contributed by atoms with Crippen LogP contribution in [0.2, 0.25) is 0 Å². The van der Waals surface area contributed by atoms with Crippen molar-refractivity contribution in [3.05, 3.63) is 18.0 Å². The molecule has 1 aromatic rings. The number of H-pyrrole nitrogens is 1. The molecular formula is C12H21N3. The fourth-order valence-corrected chi connectivity index (χ4v) is 2.69. The van der Waals surface area contributed by atoms with Crippen molar-refractivity contribution in [3.63, 3.8) is 0 Å². The number of nitrogens with zero attached hydrogens (tertiary/aromatic N) is 1. The lowest BCUT2D eigenvalue weighted by Crippen LogP contribution is -2.42. The lowest BCUT2D eigenvalue weighted by molar-refractivity contribution is 0.207. The summed E-state index contributed by atoms with van der Waals surface area (Å²) in [6.45, 7) is 5.67. The summed E-state index contributed by atoms with van der Waals surface area (Å²) < 4.78 is 0. The summed E-state index contributed by atoms with van der Waals surface area (Å²) in [7, 11) is 0. The predicted molar refractivity (Wildman–Crippen MR) is 61.4 cm³/mol. The van der Waals surface area contributed by atoms with E-state index >= 15 is 0 Å². The number of hydrogen-bond acceptors (Lipinski definition) is 2. The number of hydrogen-bond donors (Lipinski definition) is 2. The molecule has 1 saturated carbocycles. The van der Waals surface area contributed by atoms with Crippen molar-refractivity contribution in [2.45, 2.75) is 45.7 Å². The molecule has 15 heavy (non-hydrogen) atoms. The highest BCUT2D eigenvalue weighted by Gasteiger charge is 2.26. The first-order valence-electron chi connectivity index (χ1n) is 5.98. The van der Waals surface area contributed by atoms with E-state index < -0.39 is 0 Å². The Bertz CT molecular complexity index is 271. The summed E-state index contributed by atoms with van der Waals surface area (Å²) in [5.74, 6) is 1.61. The average molecular weight is 207 g/mol. The molecular weight excluding hydrogens is 186 g/mol. The van der Waals surface area contributed by atoms with Crippen LogP contribution in [0.5, 0.6) is 0 Å². The molecule has 2 atom stereocenters. The van der Waals surface area contributed by atoms with Crippen molar-refractivity contribution >= 4 is 0 Å². The molecule has 2 rings (SSSR count). The van der Waals surface area contributed by atoms with E-state index in [9.17, 15) is 0 Å². The van der Waals surface area contributed by atoms with Gasteiger partial charge in [0.2, 0.25) is 0 Å². The topological polar surface area (TPSA) is 40.7 Å². The molecule has 0 bridgehead atoms. The quantitative estimate of drug-likeness (QED) is 0.798. The van der Waals surface area contributed by atoms with Gasteiger partial charge in [-0.15, -0.1) is 0 Å². The Morgan fingerprint density at radius 1 is 1.40 bits per heavy atom. The largest absolute Gasteiger partial charge is 0.309 e. The van der Waals surface area contributed by atoms with Crippen LogP contribution in [0.15, 0.2) is 12.4 Å². The average Bonchev–Trinajstić information content (AvgIpc) is 2.70. The molecule has 3 nitrogen and oxygen atoms in total. The van der Waals surface area contributed by atoms with Gasteiger partial charge in [-0.25, -0.2) is 0 Å². The van der Waals surface area contributed by atoms with E-state index in [-0.39, 0.29) is 0 Å². The van der Waals surface area contributed by atoms with Crippen LogP contribution in [0.1, 0.15) is 38.7 Å². The van der Waals surface area contributed by atoms with Gasteiger partial charge in [-0.3, -0.25) is 5.10 Å². The van der Waals surface area contributed by atoms with Crippen molar-refractivity contribution in [2.75, 3.05) is 0 Å². The van der Waals surface area contributed by atoms with Gasteiger partial charge in [-0.05, 0) is 24.7 Å². The maximum absolute atomic E-state index is 3.96. The van der Waals surface area contributed by atoms with Gasteiger partial charge in [0.15, 0.2) is 0 Å². The lowest BCUT2D eigenvalue weighted by Gasteiger charge is -2.35. The summed E-state index contributed by atoms with van der Waals surface area (Å²) >= 11 is 0. The Balaban J connectivity index is 1.86. The standard InChI is InChI=1S/C12H21N3/c1-9-4-3-5-10(2)12(9)13-6-11-7-14-15-8-11/h7-10,12-13H,3-6H2,1-2H3,(H,14,15). The second kappa shape index (κ2) is 4.79. The fourth-order valence-electron chi connectivity index (χ4n) is 2.69. The normalized spacial score (nSPS) is 31.7. The van der Waals surface area contributed by atoms with Gasteiger partial charge in [-0.2, -0.15) is 5.10 Å². The molecule has 0 saturated heterocycles. The zero-order chi connectivity index (χ0) is 10.7. The number of nitrogens with one attached hydrogen (secondary N) is 2. The Morgan fingerprint density at radius 3 is 2.73 bits per heavy atom. The van der Waals surface area contributed by atoms with Crippen LogP contribution in [0, 0.1) is 11.8 Å². The summed E-state index contributed by atoms with van der Waals surface area (Å²) in [6.07, 6.45) is 7.99. The maximum atomic E-state index is 3.96. The van der Waals surface area contributed by atoms with Crippen LogP contribution in [0.3, 0.4) is 0 Å². The first kappa shape index (κ1) is 10.7. The summed E-state index contributed by atoms with van der Waals surface area (Å²) in [5.41, 5.74) is 1.25. The number of aromatic nitrogens is 2. The number of rotatable bonds is 3. The highest BCUT2D eigenvalue weighted by Crippen LogP contribution is 2.28. The molecule has 3 heteroatoms. The zero-order valence-corrected chi connectivity index (χ0v) is 9.66. The molecule has 1 aromatic heterocycles. The molecule has 1 aliphatic carbocycles. The third-order valence-electron chi connectivity index (χ3n) is 3.64. The molecule has 0 spiro atoms. The van der Waals surface area contributed by atoms with E-state index in [0.29, 0.717) is 6.04 Å². The predicted octanol–water partition coefficient (Wildman–Crippen LogP) is 2.32. The molecule has 1 fully saturated rings. The molecule has 2 unspecified atom stereocenters. The van der Waals surface area contributed by atoms with Crippen LogP contribution >= 0.6 is 0 Å². The monoisotopic (exact) mass is 207 g/mol.